The molecule has 4 rings (SSSR count). The number of nitrogens with two attached hydrogens (primary N) is 1. The molecule has 30 heavy (non-hydrogen) atoms. The highest BCUT2D eigenvalue weighted by atomic mass is 16.5. The minimum Gasteiger partial charge on any atom is -0.457 e. The number of carbonyl (C=O) groups excluding carboxylic acids is 2. The number of esters is 1. The molecule has 1 aromatic heterocycles. The fourth-order valence-corrected chi connectivity index (χ4v) is 3.26. The number of hydrogen-bond acceptors (Lipinski definition) is 5. The standard InChI is InChI=1S/C24H20N3O3/c25-22(12-19-13-26-15-27-19)23(28)21-11-18(10-17-8-4-5-9-20(17)21)24(29)30-14-16-6-2-1-3-7-16/h1-10,13,15,22H,12,14,25H2,(H,26,27)/t22-/m0/s1. The maximum atomic E-state index is 13.1. The van der Waals surface area contributed by atoms with E-state index in [-0.39, 0.29) is 29.9 Å². The number of imidazole rings is 1. The van der Waals surface area contributed by atoms with E-state index in [4.69, 9.17) is 10.5 Å². The number of aromatic amines is 1. The summed E-state index contributed by atoms with van der Waals surface area (Å²) < 4.78 is 5.42. The summed E-state index contributed by atoms with van der Waals surface area (Å²) in [5.74, 6) is -0.841. The molecule has 0 fully saturated rings. The summed E-state index contributed by atoms with van der Waals surface area (Å²) in [7, 11) is 0. The minimum absolute atomic E-state index is 0.141. The lowest BCUT2D eigenvalue weighted by molar-refractivity contribution is 0.0472. The summed E-state index contributed by atoms with van der Waals surface area (Å²) in [5, 5.41) is 1.44. The number of H-pyrrole nitrogens is 1. The molecule has 0 spiro atoms. The number of benzene rings is 3. The molecule has 0 aliphatic rings. The first-order chi connectivity index (χ1) is 14.6. The van der Waals surface area contributed by atoms with E-state index in [1.165, 1.54) is 6.33 Å². The van der Waals surface area contributed by atoms with Gasteiger partial charge in [-0.05, 0) is 22.4 Å². The Morgan fingerprint density at radius 1 is 1.10 bits per heavy atom. The van der Waals surface area contributed by atoms with Gasteiger partial charge in [-0.1, -0.05) is 54.6 Å². The van der Waals surface area contributed by atoms with Crippen LogP contribution in [0, 0.1) is 6.07 Å². The van der Waals surface area contributed by atoms with E-state index < -0.39 is 12.0 Å². The van der Waals surface area contributed by atoms with Crippen molar-refractivity contribution in [1.82, 2.24) is 9.97 Å². The Kier molecular flexibility index (Phi) is 5.68. The van der Waals surface area contributed by atoms with Gasteiger partial charge in [-0.2, -0.15) is 0 Å². The predicted molar refractivity (Wildman–Crippen MR) is 113 cm³/mol. The lowest BCUT2D eigenvalue weighted by Crippen LogP contribution is -2.33. The molecule has 0 unspecified atom stereocenters. The van der Waals surface area contributed by atoms with Gasteiger partial charge in [0.05, 0.1) is 23.6 Å². The van der Waals surface area contributed by atoms with Gasteiger partial charge in [0.25, 0.3) is 0 Å². The molecule has 1 heterocycles. The Balaban J connectivity index is 1.62. The van der Waals surface area contributed by atoms with Crippen LogP contribution in [0.4, 0.5) is 0 Å². The average molecular weight is 398 g/mol. The molecule has 6 heteroatoms. The number of nitrogens with zero attached hydrogens (tertiary/aromatic N) is 1. The van der Waals surface area contributed by atoms with Crippen LogP contribution >= 0.6 is 0 Å². The van der Waals surface area contributed by atoms with Gasteiger partial charge in [0.2, 0.25) is 0 Å². The number of carbonyl (C=O) groups is 2. The number of ketones is 1. The summed E-state index contributed by atoms with van der Waals surface area (Å²) in [6.07, 6.45) is 3.52. The van der Waals surface area contributed by atoms with E-state index in [0.29, 0.717) is 11.1 Å². The molecule has 1 radical (unpaired) electrons. The molecule has 1 atom stereocenters. The van der Waals surface area contributed by atoms with Gasteiger partial charge in [-0.15, -0.1) is 0 Å². The van der Waals surface area contributed by atoms with Crippen molar-refractivity contribution in [3.8, 4) is 0 Å². The third-order valence-corrected chi connectivity index (χ3v) is 4.79. The van der Waals surface area contributed by atoms with E-state index in [9.17, 15) is 9.59 Å². The van der Waals surface area contributed by atoms with Crippen LogP contribution in [0.1, 0.15) is 32.0 Å². The number of Topliss-reactive ketones (excluding diaryl/α,β-unsaturated/α-hetero) is 1. The molecule has 0 aliphatic carbocycles. The molecule has 0 saturated heterocycles. The number of aromatic nitrogens is 2. The highest BCUT2D eigenvalue weighted by molar-refractivity contribution is 6.12. The number of nitrogens with one attached hydrogen (secondary N) is 1. The van der Waals surface area contributed by atoms with E-state index in [2.05, 4.69) is 16.0 Å². The van der Waals surface area contributed by atoms with Gasteiger partial charge in [-0.3, -0.25) is 4.79 Å². The highest BCUT2D eigenvalue weighted by Gasteiger charge is 2.22. The zero-order valence-corrected chi connectivity index (χ0v) is 16.2. The largest absolute Gasteiger partial charge is 0.457 e. The number of ether oxygens (including phenoxy) is 1. The Hall–Kier alpha value is -3.77. The Bertz CT molecular complexity index is 1170. The summed E-state index contributed by atoms with van der Waals surface area (Å²) in [4.78, 5) is 32.7. The van der Waals surface area contributed by atoms with Crippen molar-refractivity contribution in [3.05, 3.63) is 102 Å². The molecule has 0 saturated carbocycles. The maximum absolute atomic E-state index is 13.1. The predicted octanol–water partition coefficient (Wildman–Crippen LogP) is 3.47. The van der Waals surface area contributed by atoms with Crippen LogP contribution in [-0.4, -0.2) is 27.8 Å². The van der Waals surface area contributed by atoms with Gasteiger partial charge in [0, 0.05) is 24.2 Å². The fourth-order valence-electron chi connectivity index (χ4n) is 3.26. The normalized spacial score (nSPS) is 11.9. The second-order valence-electron chi connectivity index (χ2n) is 6.94. The van der Waals surface area contributed by atoms with Gasteiger partial charge >= 0.3 is 5.97 Å². The topological polar surface area (TPSA) is 98.1 Å². The monoisotopic (exact) mass is 398 g/mol. The summed E-state index contributed by atoms with van der Waals surface area (Å²) in [6.45, 7) is 0.141. The second kappa shape index (κ2) is 8.71. The Morgan fingerprint density at radius 2 is 1.87 bits per heavy atom. The molecular formula is C24H20N3O3. The molecule has 0 amide bonds. The first-order valence-electron chi connectivity index (χ1n) is 9.55. The summed E-state index contributed by atoms with van der Waals surface area (Å²) in [6, 6.07) is 20.6. The lowest BCUT2D eigenvalue weighted by atomic mass is 9.94. The van der Waals surface area contributed by atoms with Crippen molar-refractivity contribution in [2.24, 2.45) is 5.73 Å². The quantitative estimate of drug-likeness (QED) is 0.367. The van der Waals surface area contributed by atoms with E-state index >= 15 is 0 Å². The van der Waals surface area contributed by atoms with Crippen LogP contribution in [0.25, 0.3) is 10.8 Å². The molecule has 0 aliphatic heterocycles. The maximum Gasteiger partial charge on any atom is 0.339 e. The first-order valence-corrected chi connectivity index (χ1v) is 9.55. The Morgan fingerprint density at radius 3 is 2.63 bits per heavy atom. The molecule has 149 valence electrons. The summed E-state index contributed by atoms with van der Waals surface area (Å²) in [5.41, 5.74) is 8.20. The van der Waals surface area contributed by atoms with Crippen LogP contribution in [0.2, 0.25) is 0 Å². The average Bonchev–Trinajstić information content (AvgIpc) is 3.30. The van der Waals surface area contributed by atoms with Gasteiger partial charge < -0.3 is 15.5 Å². The van der Waals surface area contributed by atoms with E-state index in [1.54, 1.807) is 12.3 Å². The van der Waals surface area contributed by atoms with Crippen molar-refractivity contribution in [1.29, 1.82) is 0 Å². The van der Waals surface area contributed by atoms with Crippen molar-refractivity contribution in [3.63, 3.8) is 0 Å². The Labute approximate surface area is 173 Å². The number of fused-ring (bicyclic) bond motifs is 1. The fraction of sp³-hybridized carbons (Fsp3) is 0.125. The van der Waals surface area contributed by atoms with Crippen molar-refractivity contribution in [2.45, 2.75) is 19.1 Å². The SMILES string of the molecule is N[C@@H](Cc1c[nH]cn1)C(=O)c1[c]c(C(=O)OCc2ccccc2)cc2ccccc12. The molecular weight excluding hydrogens is 378 g/mol. The van der Waals surface area contributed by atoms with E-state index in [1.807, 2.05) is 54.6 Å². The molecule has 3 N–H and O–H groups in total. The zero-order chi connectivity index (χ0) is 20.9. The van der Waals surface area contributed by atoms with Crippen LogP contribution < -0.4 is 5.73 Å². The minimum atomic E-state index is -0.802. The molecule has 0 bridgehead atoms. The van der Waals surface area contributed by atoms with E-state index in [0.717, 1.165) is 10.9 Å². The van der Waals surface area contributed by atoms with Crippen LogP contribution in [0.5, 0.6) is 0 Å². The second-order valence-corrected chi connectivity index (χ2v) is 6.94. The van der Waals surface area contributed by atoms with Crippen molar-refractivity contribution in [2.75, 3.05) is 0 Å². The summed E-state index contributed by atoms with van der Waals surface area (Å²) >= 11 is 0. The first kappa shape index (κ1) is 19.5. The third kappa shape index (κ3) is 4.29. The molecule has 4 aromatic rings. The van der Waals surface area contributed by atoms with Crippen molar-refractivity contribution >= 4 is 22.5 Å². The molecule has 3 aromatic carbocycles. The van der Waals surface area contributed by atoms with Gasteiger partial charge in [0.1, 0.15) is 6.61 Å². The zero-order valence-electron chi connectivity index (χ0n) is 16.2. The van der Waals surface area contributed by atoms with Crippen LogP contribution in [0.3, 0.4) is 0 Å². The van der Waals surface area contributed by atoms with Gasteiger partial charge in [-0.25, -0.2) is 9.78 Å². The lowest BCUT2D eigenvalue weighted by Gasteiger charge is -2.13. The highest BCUT2D eigenvalue weighted by Crippen LogP contribution is 2.23. The van der Waals surface area contributed by atoms with Crippen LogP contribution in [-0.2, 0) is 17.8 Å². The molecule has 6 nitrogen and oxygen atoms in total. The third-order valence-electron chi connectivity index (χ3n) is 4.79. The van der Waals surface area contributed by atoms with Crippen LogP contribution in [0.15, 0.2) is 73.2 Å². The number of rotatable bonds is 7. The van der Waals surface area contributed by atoms with Gasteiger partial charge in [0.15, 0.2) is 5.78 Å². The smallest absolute Gasteiger partial charge is 0.339 e. The number of hydrogen-bond donors (Lipinski definition) is 2. The van der Waals surface area contributed by atoms with Crippen molar-refractivity contribution < 1.29 is 14.3 Å².